The first-order chi connectivity index (χ1) is 15.5. The van der Waals surface area contributed by atoms with E-state index in [4.69, 9.17) is 9.47 Å². The van der Waals surface area contributed by atoms with Crippen LogP contribution in [0.2, 0.25) is 0 Å². The van der Waals surface area contributed by atoms with Crippen molar-refractivity contribution >= 4 is 45.2 Å². The average molecular weight is 473 g/mol. The Morgan fingerprint density at radius 1 is 1.16 bits per heavy atom. The van der Waals surface area contributed by atoms with Gasteiger partial charge in [0.1, 0.15) is 0 Å². The second-order valence-electron chi connectivity index (χ2n) is 7.18. The number of methoxy groups -OCH3 is 1. The first-order valence-electron chi connectivity index (χ1n) is 10.6. The molecule has 0 spiro atoms. The van der Waals surface area contributed by atoms with Crippen LogP contribution >= 0.6 is 23.1 Å². The summed E-state index contributed by atoms with van der Waals surface area (Å²) in [7, 11) is 1.36. The number of hydrogen-bond donors (Lipinski definition) is 0. The van der Waals surface area contributed by atoms with Gasteiger partial charge in [-0.3, -0.25) is 4.79 Å². The van der Waals surface area contributed by atoms with Gasteiger partial charge in [0.2, 0.25) is 5.91 Å². The maximum atomic E-state index is 12.6. The smallest absolute Gasteiger partial charge is 0.337 e. The van der Waals surface area contributed by atoms with E-state index in [-0.39, 0.29) is 11.9 Å². The number of fused-ring (bicyclic) bond motifs is 1. The summed E-state index contributed by atoms with van der Waals surface area (Å²) in [4.78, 5) is 30.7. The fourth-order valence-electron chi connectivity index (χ4n) is 3.13. The Bertz CT molecular complexity index is 1130. The van der Waals surface area contributed by atoms with Gasteiger partial charge >= 0.3 is 5.97 Å². The van der Waals surface area contributed by atoms with Crippen molar-refractivity contribution < 1.29 is 19.1 Å². The number of benzene rings is 2. The fourth-order valence-corrected chi connectivity index (χ4v) is 5.10. The average Bonchev–Trinajstić information content (AvgIpc) is 3.13. The zero-order valence-corrected chi connectivity index (χ0v) is 20.3. The zero-order valence-electron chi connectivity index (χ0n) is 18.6. The molecule has 0 N–H and O–H groups in total. The molecule has 0 saturated heterocycles. The Labute approximate surface area is 196 Å². The minimum Gasteiger partial charge on any atom is -0.465 e. The van der Waals surface area contributed by atoms with Crippen LogP contribution in [-0.2, 0) is 20.8 Å². The molecule has 2 aromatic carbocycles. The number of carbonyl (C=O) groups is 2. The molecule has 1 heterocycles. The maximum absolute atomic E-state index is 12.6. The lowest BCUT2D eigenvalue weighted by Gasteiger charge is -2.06. The summed E-state index contributed by atoms with van der Waals surface area (Å²) in [6, 6.07) is 13.8. The minimum atomic E-state index is -0.387. The first kappa shape index (κ1) is 24.2. The Balaban J connectivity index is 1.73. The van der Waals surface area contributed by atoms with Gasteiger partial charge in [0.05, 0.1) is 29.5 Å². The van der Waals surface area contributed by atoms with Crippen molar-refractivity contribution in [2.75, 3.05) is 26.1 Å². The summed E-state index contributed by atoms with van der Waals surface area (Å²) in [6.07, 6.45) is 1.16. The molecule has 0 atom stereocenters. The molecular formula is C24H28N2O4S2. The lowest BCUT2D eigenvalue weighted by molar-refractivity contribution is -0.118. The summed E-state index contributed by atoms with van der Waals surface area (Å²) < 4.78 is 13.2. The van der Waals surface area contributed by atoms with Crippen LogP contribution in [0, 0.1) is 6.92 Å². The van der Waals surface area contributed by atoms with Crippen LogP contribution < -0.4 is 4.80 Å². The molecule has 32 heavy (non-hydrogen) atoms. The maximum Gasteiger partial charge on any atom is 0.337 e. The normalized spacial score (nSPS) is 11.8. The van der Waals surface area contributed by atoms with Crippen molar-refractivity contribution in [2.45, 2.75) is 38.1 Å². The number of rotatable bonds is 10. The monoisotopic (exact) mass is 472 g/mol. The Kier molecular flexibility index (Phi) is 9.08. The van der Waals surface area contributed by atoms with Crippen molar-refractivity contribution in [3.63, 3.8) is 0 Å². The quantitative estimate of drug-likeness (QED) is 0.240. The predicted molar refractivity (Wildman–Crippen MR) is 129 cm³/mol. The van der Waals surface area contributed by atoms with Crippen LogP contribution in [0.25, 0.3) is 10.2 Å². The summed E-state index contributed by atoms with van der Waals surface area (Å²) >= 11 is 3.14. The summed E-state index contributed by atoms with van der Waals surface area (Å²) in [5.74, 6) is 0.338. The van der Waals surface area contributed by atoms with E-state index in [9.17, 15) is 9.59 Å². The van der Waals surface area contributed by atoms with Crippen molar-refractivity contribution in [2.24, 2.45) is 4.99 Å². The summed E-state index contributed by atoms with van der Waals surface area (Å²) in [5.41, 5.74) is 2.64. The van der Waals surface area contributed by atoms with Crippen molar-refractivity contribution in [1.82, 2.24) is 4.57 Å². The zero-order chi connectivity index (χ0) is 22.9. The first-order valence-corrected chi connectivity index (χ1v) is 12.4. The molecule has 0 bridgehead atoms. The molecule has 0 unspecified atom stereocenters. The van der Waals surface area contributed by atoms with E-state index in [2.05, 4.69) is 36.2 Å². The number of aryl methyl sites for hydroxylation is 1. The SMILES string of the molecule is CCOCCn1c(=NC(=O)CCCSc2ccc(C)cc2)sc2cc(C(=O)OC)ccc21. The molecule has 6 nitrogen and oxygen atoms in total. The summed E-state index contributed by atoms with van der Waals surface area (Å²) in [6.45, 7) is 5.75. The van der Waals surface area contributed by atoms with Crippen LogP contribution in [0.1, 0.15) is 35.7 Å². The van der Waals surface area contributed by atoms with Gasteiger partial charge in [0.15, 0.2) is 4.80 Å². The van der Waals surface area contributed by atoms with E-state index in [1.54, 1.807) is 23.9 Å². The number of ether oxygens (including phenoxy) is 2. The molecular weight excluding hydrogens is 444 g/mol. The Morgan fingerprint density at radius 3 is 2.66 bits per heavy atom. The Hall–Kier alpha value is -2.42. The highest BCUT2D eigenvalue weighted by atomic mass is 32.2. The second kappa shape index (κ2) is 12.0. The van der Waals surface area contributed by atoms with Gasteiger partial charge in [-0.1, -0.05) is 29.0 Å². The van der Waals surface area contributed by atoms with Gasteiger partial charge in [-0.2, -0.15) is 4.99 Å². The third kappa shape index (κ3) is 6.54. The summed E-state index contributed by atoms with van der Waals surface area (Å²) in [5, 5.41) is 0. The lowest BCUT2D eigenvalue weighted by atomic mass is 10.2. The molecule has 1 aromatic heterocycles. The molecule has 0 saturated carbocycles. The Morgan fingerprint density at radius 2 is 1.94 bits per heavy atom. The standard InChI is InChI=1S/C24H28N2O4S2/c1-4-30-14-13-26-20-12-9-18(23(28)29-3)16-21(20)32-24(26)25-22(27)6-5-15-31-19-10-7-17(2)8-11-19/h7-12,16H,4-6,13-15H2,1-3H3. The highest BCUT2D eigenvalue weighted by molar-refractivity contribution is 7.99. The van der Waals surface area contributed by atoms with E-state index in [0.29, 0.717) is 36.5 Å². The van der Waals surface area contributed by atoms with Crippen LogP contribution in [-0.4, -0.2) is 42.5 Å². The van der Waals surface area contributed by atoms with Crippen LogP contribution in [0.3, 0.4) is 0 Å². The lowest BCUT2D eigenvalue weighted by Crippen LogP contribution is -2.19. The number of nitrogens with zero attached hydrogens (tertiary/aromatic N) is 2. The number of hydrogen-bond acceptors (Lipinski definition) is 6. The second-order valence-corrected chi connectivity index (χ2v) is 9.36. The van der Waals surface area contributed by atoms with Gasteiger partial charge in [0, 0.05) is 24.5 Å². The largest absolute Gasteiger partial charge is 0.465 e. The highest BCUT2D eigenvalue weighted by Crippen LogP contribution is 2.21. The molecule has 0 aliphatic rings. The van der Waals surface area contributed by atoms with Gasteiger partial charge in [0.25, 0.3) is 0 Å². The number of thiazole rings is 1. The molecule has 0 fully saturated rings. The van der Waals surface area contributed by atoms with Gasteiger partial charge in [-0.15, -0.1) is 11.8 Å². The van der Waals surface area contributed by atoms with Crippen LogP contribution in [0.15, 0.2) is 52.4 Å². The third-order valence-electron chi connectivity index (χ3n) is 4.81. The molecule has 3 aromatic rings. The van der Waals surface area contributed by atoms with E-state index in [1.807, 2.05) is 17.6 Å². The van der Waals surface area contributed by atoms with E-state index < -0.39 is 0 Å². The van der Waals surface area contributed by atoms with E-state index in [0.717, 1.165) is 22.4 Å². The van der Waals surface area contributed by atoms with E-state index in [1.165, 1.54) is 28.9 Å². The molecule has 0 radical (unpaired) electrons. The number of aromatic nitrogens is 1. The van der Waals surface area contributed by atoms with Gasteiger partial charge in [-0.05, 0) is 56.4 Å². The van der Waals surface area contributed by atoms with Crippen molar-refractivity contribution in [3.05, 3.63) is 58.4 Å². The third-order valence-corrected chi connectivity index (χ3v) is 6.95. The van der Waals surface area contributed by atoms with Crippen molar-refractivity contribution in [1.29, 1.82) is 0 Å². The van der Waals surface area contributed by atoms with Crippen molar-refractivity contribution in [3.8, 4) is 0 Å². The molecule has 170 valence electrons. The number of esters is 1. The molecule has 1 amide bonds. The van der Waals surface area contributed by atoms with Crippen LogP contribution in [0.5, 0.6) is 0 Å². The molecule has 0 aliphatic carbocycles. The minimum absolute atomic E-state index is 0.139. The molecule has 3 rings (SSSR count). The number of carbonyl (C=O) groups excluding carboxylic acids is 2. The fraction of sp³-hybridized carbons (Fsp3) is 0.375. The predicted octanol–water partition coefficient (Wildman–Crippen LogP) is 4.83. The highest BCUT2D eigenvalue weighted by Gasteiger charge is 2.12. The van der Waals surface area contributed by atoms with E-state index >= 15 is 0 Å². The topological polar surface area (TPSA) is 69.9 Å². The molecule has 8 heteroatoms. The van der Waals surface area contributed by atoms with Crippen LogP contribution in [0.4, 0.5) is 0 Å². The number of thioether (sulfide) groups is 1. The molecule has 0 aliphatic heterocycles. The van der Waals surface area contributed by atoms with Gasteiger partial charge < -0.3 is 14.0 Å². The number of amides is 1. The van der Waals surface area contributed by atoms with Gasteiger partial charge in [-0.25, -0.2) is 4.79 Å².